The second-order valence-electron chi connectivity index (χ2n) is 4.20. The first kappa shape index (κ1) is 14.4. The van der Waals surface area contributed by atoms with E-state index in [1.54, 1.807) is 11.8 Å². The number of hydrogen-bond acceptors (Lipinski definition) is 2. The van der Waals surface area contributed by atoms with E-state index in [9.17, 15) is 4.79 Å². The van der Waals surface area contributed by atoms with Gasteiger partial charge in [0.25, 0.3) is 0 Å². The maximum atomic E-state index is 11.9. The Morgan fingerprint density at radius 2 is 1.84 bits per heavy atom. The number of benzene rings is 2. The van der Waals surface area contributed by atoms with Crippen LogP contribution in [0, 0.1) is 0 Å². The molecule has 0 unspecified atom stereocenters. The largest absolute Gasteiger partial charge is 0.294 e. The minimum Gasteiger partial charge on any atom is -0.294 e. The molecule has 0 amide bonds. The molecular formula is C16H15BrOS. The summed E-state index contributed by atoms with van der Waals surface area (Å²) in [6.45, 7) is 0. The number of Topliss-reactive ketones (excluding diaryl/α,β-unsaturated/α-hetero) is 1. The molecule has 0 aromatic heterocycles. The van der Waals surface area contributed by atoms with Crippen molar-refractivity contribution in [2.45, 2.75) is 17.7 Å². The lowest BCUT2D eigenvalue weighted by Gasteiger charge is -2.02. The summed E-state index contributed by atoms with van der Waals surface area (Å²) < 4.78 is 1.10. The van der Waals surface area contributed by atoms with Crippen LogP contribution in [-0.4, -0.2) is 11.5 Å². The minimum atomic E-state index is 0.232. The lowest BCUT2D eigenvalue weighted by Crippen LogP contribution is -1.99. The highest BCUT2D eigenvalue weighted by Crippen LogP contribution is 2.23. The van der Waals surface area contributed by atoms with Gasteiger partial charge in [0, 0.05) is 21.4 Å². The molecule has 1 nitrogen and oxygen atoms in total. The maximum absolute atomic E-state index is 11.9. The lowest BCUT2D eigenvalue weighted by molar-refractivity contribution is 0.0982. The molecule has 2 aromatic rings. The Hall–Kier alpha value is -1.06. The molecule has 0 fully saturated rings. The van der Waals surface area contributed by atoms with Crippen LogP contribution in [0.5, 0.6) is 0 Å². The van der Waals surface area contributed by atoms with Gasteiger partial charge in [0.15, 0.2) is 5.78 Å². The second-order valence-corrected chi connectivity index (χ2v) is 6.28. The van der Waals surface area contributed by atoms with E-state index in [0.29, 0.717) is 6.42 Å². The summed E-state index contributed by atoms with van der Waals surface area (Å²) in [6, 6.07) is 17.7. The summed E-state index contributed by atoms with van der Waals surface area (Å²) in [4.78, 5) is 13.1. The van der Waals surface area contributed by atoms with Crippen LogP contribution in [0.25, 0.3) is 0 Å². The number of thioether (sulfide) groups is 1. The molecule has 0 radical (unpaired) electrons. The SMILES string of the molecule is O=C(CCCSc1cccc(Br)c1)c1ccccc1. The zero-order valence-electron chi connectivity index (χ0n) is 10.5. The minimum absolute atomic E-state index is 0.232. The standard InChI is InChI=1S/C16H15BrOS/c17-14-8-4-9-15(12-14)19-11-5-10-16(18)13-6-2-1-3-7-13/h1-4,6-9,12H,5,10-11H2. The fourth-order valence-electron chi connectivity index (χ4n) is 1.75. The number of halogens is 1. The monoisotopic (exact) mass is 334 g/mol. The summed E-state index contributed by atoms with van der Waals surface area (Å²) >= 11 is 5.25. The Morgan fingerprint density at radius 3 is 2.58 bits per heavy atom. The number of ketones is 1. The van der Waals surface area contributed by atoms with E-state index in [0.717, 1.165) is 22.2 Å². The third-order valence-electron chi connectivity index (χ3n) is 2.71. The van der Waals surface area contributed by atoms with Crippen LogP contribution in [0.2, 0.25) is 0 Å². The Morgan fingerprint density at radius 1 is 1.05 bits per heavy atom. The Kier molecular flexibility index (Phi) is 5.67. The van der Waals surface area contributed by atoms with Gasteiger partial charge < -0.3 is 0 Å². The van der Waals surface area contributed by atoms with E-state index in [-0.39, 0.29) is 5.78 Å². The molecule has 0 saturated carbocycles. The van der Waals surface area contributed by atoms with Gasteiger partial charge in [-0.15, -0.1) is 11.8 Å². The van der Waals surface area contributed by atoms with Crippen molar-refractivity contribution in [2.24, 2.45) is 0 Å². The molecule has 0 aliphatic carbocycles. The average Bonchev–Trinajstić information content (AvgIpc) is 2.44. The van der Waals surface area contributed by atoms with Gasteiger partial charge in [0.1, 0.15) is 0 Å². The quantitative estimate of drug-likeness (QED) is 0.410. The highest BCUT2D eigenvalue weighted by atomic mass is 79.9. The van der Waals surface area contributed by atoms with Crippen molar-refractivity contribution in [1.82, 2.24) is 0 Å². The molecule has 0 N–H and O–H groups in total. The molecule has 0 aliphatic rings. The van der Waals surface area contributed by atoms with Crippen molar-refractivity contribution in [3.8, 4) is 0 Å². The first-order chi connectivity index (χ1) is 9.25. The molecule has 3 heteroatoms. The molecule has 0 atom stereocenters. The van der Waals surface area contributed by atoms with E-state index in [1.165, 1.54) is 4.90 Å². The summed E-state index contributed by atoms with van der Waals surface area (Å²) in [6.07, 6.45) is 1.52. The van der Waals surface area contributed by atoms with Gasteiger partial charge in [-0.05, 0) is 30.4 Å². The molecule has 0 spiro atoms. The smallest absolute Gasteiger partial charge is 0.162 e. The molecule has 98 valence electrons. The van der Waals surface area contributed by atoms with E-state index in [2.05, 4.69) is 28.1 Å². The van der Waals surface area contributed by atoms with Crippen LogP contribution in [0.4, 0.5) is 0 Å². The third-order valence-corrected chi connectivity index (χ3v) is 4.28. The van der Waals surface area contributed by atoms with E-state index < -0.39 is 0 Å². The van der Waals surface area contributed by atoms with E-state index >= 15 is 0 Å². The molecule has 0 heterocycles. The summed E-state index contributed by atoms with van der Waals surface area (Å²) in [5.74, 6) is 1.20. The number of carbonyl (C=O) groups is 1. The van der Waals surface area contributed by atoms with Gasteiger partial charge in [0.05, 0.1) is 0 Å². The van der Waals surface area contributed by atoms with Crippen LogP contribution in [0.15, 0.2) is 64.0 Å². The molecule has 0 bridgehead atoms. The number of rotatable bonds is 6. The maximum Gasteiger partial charge on any atom is 0.162 e. The summed E-state index contributed by atoms with van der Waals surface area (Å²) in [5, 5.41) is 0. The van der Waals surface area contributed by atoms with Crippen molar-refractivity contribution in [3.05, 3.63) is 64.6 Å². The molecule has 19 heavy (non-hydrogen) atoms. The topological polar surface area (TPSA) is 17.1 Å². The highest BCUT2D eigenvalue weighted by Gasteiger charge is 2.04. The predicted octanol–water partition coefficient (Wildman–Crippen LogP) is 5.20. The van der Waals surface area contributed by atoms with Crippen LogP contribution in [0.3, 0.4) is 0 Å². The van der Waals surface area contributed by atoms with E-state index in [1.807, 2.05) is 42.5 Å². The highest BCUT2D eigenvalue weighted by molar-refractivity contribution is 9.10. The average molecular weight is 335 g/mol. The normalized spacial score (nSPS) is 10.4. The van der Waals surface area contributed by atoms with Gasteiger partial charge >= 0.3 is 0 Å². The lowest BCUT2D eigenvalue weighted by atomic mass is 10.1. The van der Waals surface area contributed by atoms with Gasteiger partial charge in [-0.1, -0.05) is 52.3 Å². The van der Waals surface area contributed by atoms with Crippen LogP contribution in [-0.2, 0) is 0 Å². The zero-order valence-corrected chi connectivity index (χ0v) is 12.9. The van der Waals surface area contributed by atoms with Gasteiger partial charge in [-0.2, -0.15) is 0 Å². The van der Waals surface area contributed by atoms with E-state index in [4.69, 9.17) is 0 Å². The van der Waals surface area contributed by atoms with Crippen molar-refractivity contribution < 1.29 is 4.79 Å². The molecule has 2 aromatic carbocycles. The Labute approximate surface area is 126 Å². The van der Waals surface area contributed by atoms with Gasteiger partial charge in [-0.25, -0.2) is 0 Å². The van der Waals surface area contributed by atoms with Crippen molar-refractivity contribution in [3.63, 3.8) is 0 Å². The van der Waals surface area contributed by atoms with Crippen LogP contribution >= 0.6 is 27.7 Å². The van der Waals surface area contributed by atoms with Gasteiger partial charge in [0.2, 0.25) is 0 Å². The van der Waals surface area contributed by atoms with Crippen molar-refractivity contribution in [2.75, 3.05) is 5.75 Å². The van der Waals surface area contributed by atoms with Crippen LogP contribution in [0.1, 0.15) is 23.2 Å². The molecule has 0 saturated heterocycles. The van der Waals surface area contributed by atoms with Crippen LogP contribution < -0.4 is 0 Å². The van der Waals surface area contributed by atoms with Crippen molar-refractivity contribution >= 4 is 33.5 Å². The van der Waals surface area contributed by atoms with Gasteiger partial charge in [-0.3, -0.25) is 4.79 Å². The first-order valence-corrected chi connectivity index (χ1v) is 8.00. The second kappa shape index (κ2) is 7.51. The third kappa shape index (κ3) is 4.84. The fourth-order valence-corrected chi connectivity index (χ4v) is 3.21. The summed E-state index contributed by atoms with van der Waals surface area (Å²) in [5.41, 5.74) is 0.815. The Bertz CT molecular complexity index is 539. The van der Waals surface area contributed by atoms with Crippen molar-refractivity contribution in [1.29, 1.82) is 0 Å². The predicted molar refractivity (Wildman–Crippen MR) is 84.9 cm³/mol. The Balaban J connectivity index is 1.74. The first-order valence-electron chi connectivity index (χ1n) is 6.22. The number of hydrogen-bond donors (Lipinski definition) is 0. The molecular weight excluding hydrogens is 320 g/mol. The molecule has 0 aliphatic heterocycles. The number of carbonyl (C=O) groups excluding carboxylic acids is 1. The zero-order chi connectivity index (χ0) is 13.5. The summed E-state index contributed by atoms with van der Waals surface area (Å²) in [7, 11) is 0. The molecule has 2 rings (SSSR count). The fraction of sp³-hybridized carbons (Fsp3) is 0.188.